The van der Waals surface area contributed by atoms with E-state index in [0.29, 0.717) is 22.0 Å². The summed E-state index contributed by atoms with van der Waals surface area (Å²) < 4.78 is 11.3. The van der Waals surface area contributed by atoms with Crippen LogP contribution in [0.25, 0.3) is 0 Å². The van der Waals surface area contributed by atoms with E-state index in [1.807, 2.05) is 12.1 Å². The molecule has 0 unspecified atom stereocenters. The van der Waals surface area contributed by atoms with Gasteiger partial charge >= 0.3 is 5.97 Å². The maximum Gasteiger partial charge on any atom is 0.312 e. The highest BCUT2D eigenvalue weighted by molar-refractivity contribution is 6.30. The van der Waals surface area contributed by atoms with Crippen molar-refractivity contribution < 1.29 is 23.9 Å². The molecule has 37 heavy (non-hydrogen) atoms. The van der Waals surface area contributed by atoms with Gasteiger partial charge < -0.3 is 14.4 Å². The molecule has 0 aliphatic carbocycles. The summed E-state index contributed by atoms with van der Waals surface area (Å²) in [5.41, 5.74) is 2.36. The molecule has 0 saturated carbocycles. The molecule has 1 fully saturated rings. The predicted molar refractivity (Wildman–Crippen MR) is 143 cm³/mol. The maximum atomic E-state index is 12.7. The maximum absolute atomic E-state index is 12.7. The molecule has 3 aromatic rings. The van der Waals surface area contributed by atoms with E-state index < -0.39 is 18.0 Å². The average molecular weight is 520 g/mol. The Bertz CT molecular complexity index is 1280. The lowest BCUT2D eigenvalue weighted by molar-refractivity contribution is -0.151. The van der Waals surface area contributed by atoms with Gasteiger partial charge in [-0.3, -0.25) is 14.4 Å². The SMILES string of the molecule is C[C@@H](OC(=O)[C@@H]1CC(=O)N(c2ccc(Oc3ccc(C(C)(C)C)cc3)cc2)C1)C(=O)c1ccc(Cl)cc1. The number of esters is 1. The molecule has 0 N–H and O–H groups in total. The van der Waals surface area contributed by atoms with Crippen LogP contribution in [0.5, 0.6) is 11.5 Å². The standard InChI is InChI=1S/C30H30ClNO5/c1-19(28(34)20-5-9-23(31)10-6-20)36-29(35)21-17-27(33)32(18-21)24-11-15-26(16-12-24)37-25-13-7-22(8-14-25)30(2,3)4/h5-16,19,21H,17-18H2,1-4H3/t19-,21-/m1/s1. The number of carbonyl (C=O) groups excluding carboxylic acids is 3. The Hall–Kier alpha value is -3.64. The molecule has 2 atom stereocenters. The van der Waals surface area contributed by atoms with Crippen molar-refractivity contribution in [2.24, 2.45) is 5.92 Å². The topological polar surface area (TPSA) is 72.9 Å². The van der Waals surface area contributed by atoms with E-state index in [1.54, 1.807) is 53.4 Å². The fourth-order valence-electron chi connectivity index (χ4n) is 4.14. The molecular formula is C30H30ClNO5. The molecule has 0 aromatic heterocycles. The highest BCUT2D eigenvalue weighted by Gasteiger charge is 2.37. The first-order valence-electron chi connectivity index (χ1n) is 12.2. The van der Waals surface area contributed by atoms with Crippen molar-refractivity contribution in [1.82, 2.24) is 0 Å². The lowest BCUT2D eigenvalue weighted by Crippen LogP contribution is -2.30. The number of rotatable bonds is 7. The first kappa shape index (κ1) is 26.4. The van der Waals surface area contributed by atoms with Crippen molar-refractivity contribution in [3.8, 4) is 11.5 Å². The summed E-state index contributed by atoms with van der Waals surface area (Å²) in [5, 5.41) is 0.514. The third-order valence-electron chi connectivity index (χ3n) is 6.35. The fraction of sp³-hybridized carbons (Fsp3) is 0.300. The van der Waals surface area contributed by atoms with E-state index in [-0.39, 0.29) is 30.1 Å². The second-order valence-corrected chi connectivity index (χ2v) is 10.7. The highest BCUT2D eigenvalue weighted by atomic mass is 35.5. The van der Waals surface area contributed by atoms with Gasteiger partial charge in [-0.05, 0) is 78.6 Å². The smallest absolute Gasteiger partial charge is 0.312 e. The molecule has 0 bridgehead atoms. The van der Waals surface area contributed by atoms with Crippen LogP contribution in [-0.4, -0.2) is 30.3 Å². The Morgan fingerprint density at radius 1 is 0.919 bits per heavy atom. The Labute approximate surface area is 222 Å². The second kappa shape index (κ2) is 10.8. The van der Waals surface area contributed by atoms with Gasteiger partial charge in [0.15, 0.2) is 6.10 Å². The summed E-state index contributed by atoms with van der Waals surface area (Å²) in [5.74, 6) is -0.345. The summed E-state index contributed by atoms with van der Waals surface area (Å²) in [4.78, 5) is 39.5. The Morgan fingerprint density at radius 2 is 1.49 bits per heavy atom. The van der Waals surface area contributed by atoms with Gasteiger partial charge in [0, 0.05) is 29.2 Å². The van der Waals surface area contributed by atoms with E-state index in [0.717, 1.165) is 5.75 Å². The molecule has 7 heteroatoms. The Kier molecular flexibility index (Phi) is 7.69. The highest BCUT2D eigenvalue weighted by Crippen LogP contribution is 2.30. The van der Waals surface area contributed by atoms with Gasteiger partial charge in [-0.1, -0.05) is 44.5 Å². The zero-order valence-corrected chi connectivity index (χ0v) is 22.1. The van der Waals surface area contributed by atoms with Crippen LogP contribution in [0.1, 0.15) is 50.0 Å². The molecule has 6 nitrogen and oxygen atoms in total. The van der Waals surface area contributed by atoms with Gasteiger partial charge in [-0.25, -0.2) is 0 Å². The Balaban J connectivity index is 1.34. The molecule has 1 saturated heterocycles. The van der Waals surface area contributed by atoms with Crippen LogP contribution in [0.2, 0.25) is 5.02 Å². The van der Waals surface area contributed by atoms with Crippen molar-refractivity contribution in [3.05, 3.63) is 88.9 Å². The monoisotopic (exact) mass is 519 g/mol. The number of halogens is 1. The average Bonchev–Trinajstić information content (AvgIpc) is 3.26. The summed E-state index contributed by atoms with van der Waals surface area (Å²) >= 11 is 5.87. The third-order valence-corrected chi connectivity index (χ3v) is 6.61. The van der Waals surface area contributed by atoms with Gasteiger partial charge in [0.1, 0.15) is 11.5 Å². The number of Topliss-reactive ketones (excluding diaryl/α,β-unsaturated/α-hetero) is 1. The first-order chi connectivity index (χ1) is 17.5. The lowest BCUT2D eigenvalue weighted by Gasteiger charge is -2.19. The van der Waals surface area contributed by atoms with E-state index in [2.05, 4.69) is 32.9 Å². The van der Waals surface area contributed by atoms with Gasteiger partial charge in [0.25, 0.3) is 0 Å². The molecular weight excluding hydrogens is 490 g/mol. The fourth-order valence-corrected chi connectivity index (χ4v) is 4.27. The third kappa shape index (κ3) is 6.38. The minimum absolute atomic E-state index is 0.0269. The molecule has 1 aliphatic heterocycles. The summed E-state index contributed by atoms with van der Waals surface area (Å²) in [6, 6.07) is 21.5. The van der Waals surface area contributed by atoms with Crippen LogP contribution in [0.3, 0.4) is 0 Å². The van der Waals surface area contributed by atoms with E-state index in [9.17, 15) is 14.4 Å². The van der Waals surface area contributed by atoms with Gasteiger partial charge in [0.05, 0.1) is 5.92 Å². The summed E-state index contributed by atoms with van der Waals surface area (Å²) in [6.45, 7) is 8.19. The molecule has 0 spiro atoms. The zero-order chi connectivity index (χ0) is 26.7. The molecule has 192 valence electrons. The number of amides is 1. The van der Waals surface area contributed by atoms with Crippen molar-refractivity contribution in [3.63, 3.8) is 0 Å². The van der Waals surface area contributed by atoms with Crippen LogP contribution in [0.15, 0.2) is 72.8 Å². The number of nitrogens with zero attached hydrogens (tertiary/aromatic N) is 1. The van der Waals surface area contributed by atoms with Gasteiger partial charge in [-0.2, -0.15) is 0 Å². The molecule has 1 aliphatic rings. The molecule has 1 heterocycles. The van der Waals surface area contributed by atoms with E-state index in [1.165, 1.54) is 12.5 Å². The van der Waals surface area contributed by atoms with Crippen LogP contribution in [-0.2, 0) is 19.7 Å². The minimum Gasteiger partial charge on any atom is -0.457 e. The summed E-state index contributed by atoms with van der Waals surface area (Å²) in [6.07, 6.45) is -0.939. The van der Waals surface area contributed by atoms with Gasteiger partial charge in [-0.15, -0.1) is 0 Å². The van der Waals surface area contributed by atoms with Crippen LogP contribution >= 0.6 is 11.6 Å². The van der Waals surface area contributed by atoms with Crippen molar-refractivity contribution in [2.75, 3.05) is 11.4 Å². The lowest BCUT2D eigenvalue weighted by atomic mass is 9.87. The largest absolute Gasteiger partial charge is 0.457 e. The van der Waals surface area contributed by atoms with Crippen molar-refractivity contribution >= 4 is 34.9 Å². The molecule has 4 rings (SSSR count). The van der Waals surface area contributed by atoms with Crippen LogP contribution in [0, 0.1) is 5.92 Å². The van der Waals surface area contributed by atoms with Crippen LogP contribution in [0.4, 0.5) is 5.69 Å². The minimum atomic E-state index is -0.966. The second-order valence-electron chi connectivity index (χ2n) is 10.2. The number of hydrogen-bond donors (Lipinski definition) is 0. The molecule has 0 radical (unpaired) electrons. The molecule has 3 aromatic carbocycles. The van der Waals surface area contributed by atoms with Crippen molar-refractivity contribution in [2.45, 2.75) is 45.6 Å². The molecule has 1 amide bonds. The Morgan fingerprint density at radius 3 is 2.05 bits per heavy atom. The number of benzene rings is 3. The van der Waals surface area contributed by atoms with E-state index >= 15 is 0 Å². The normalized spacial score (nSPS) is 16.4. The van der Waals surface area contributed by atoms with Gasteiger partial charge in [0.2, 0.25) is 11.7 Å². The number of anilines is 1. The van der Waals surface area contributed by atoms with E-state index in [4.69, 9.17) is 21.1 Å². The number of carbonyl (C=O) groups is 3. The first-order valence-corrected chi connectivity index (χ1v) is 12.6. The van der Waals surface area contributed by atoms with Crippen LogP contribution < -0.4 is 9.64 Å². The quantitative estimate of drug-likeness (QED) is 0.260. The number of ether oxygens (including phenoxy) is 2. The predicted octanol–water partition coefficient (Wildman–Crippen LogP) is 6.60. The zero-order valence-electron chi connectivity index (χ0n) is 21.4. The number of hydrogen-bond acceptors (Lipinski definition) is 5. The summed E-state index contributed by atoms with van der Waals surface area (Å²) in [7, 11) is 0. The number of ketones is 1. The van der Waals surface area contributed by atoms with Crippen molar-refractivity contribution in [1.29, 1.82) is 0 Å².